The Kier molecular flexibility index (Phi) is 5.40. The number of hydrogen-bond donors (Lipinski definition) is 0. The molecule has 34 heavy (non-hydrogen) atoms. The number of hydrogen-bond acceptors (Lipinski definition) is 10. The number of fused-ring (bicyclic) bond motifs is 1. The second kappa shape index (κ2) is 8.41. The average Bonchev–Trinajstić information content (AvgIpc) is 3.53. The molecule has 1 fully saturated rings. The van der Waals surface area contributed by atoms with Crippen LogP contribution in [-0.2, 0) is 16.1 Å². The van der Waals surface area contributed by atoms with E-state index in [2.05, 4.69) is 20.5 Å². The molecule has 0 aliphatic carbocycles. The Morgan fingerprint density at radius 3 is 2.65 bits per heavy atom. The molecule has 0 unspecified atom stereocenters. The first-order chi connectivity index (χ1) is 16.4. The van der Waals surface area contributed by atoms with Crippen molar-refractivity contribution < 1.29 is 23.6 Å². The van der Waals surface area contributed by atoms with Crippen LogP contribution in [0, 0.1) is 6.92 Å². The van der Waals surface area contributed by atoms with E-state index in [1.807, 2.05) is 6.92 Å². The van der Waals surface area contributed by atoms with E-state index < -0.39 is 23.9 Å². The third-order valence-electron chi connectivity index (χ3n) is 5.69. The number of halogens is 1. The predicted octanol–water partition coefficient (Wildman–Crippen LogP) is 3.21. The van der Waals surface area contributed by atoms with Crippen molar-refractivity contribution in [3.8, 4) is 22.9 Å². The lowest BCUT2D eigenvalue weighted by atomic mass is 10.1. The number of carbonyl (C=O) groups is 2. The molecule has 2 amide bonds. The summed E-state index contributed by atoms with van der Waals surface area (Å²) >= 11 is 6.19. The van der Waals surface area contributed by atoms with E-state index >= 15 is 0 Å². The first-order valence-electron chi connectivity index (χ1n) is 10.3. The molecule has 0 bridgehead atoms. The van der Waals surface area contributed by atoms with Crippen LogP contribution in [0.4, 0.5) is 5.69 Å². The van der Waals surface area contributed by atoms with Crippen molar-refractivity contribution in [1.82, 2.24) is 15.1 Å². The van der Waals surface area contributed by atoms with Crippen LogP contribution in [0.25, 0.3) is 11.4 Å². The molecular formula is C22H19ClN6O5. The first-order valence-corrected chi connectivity index (χ1v) is 10.7. The van der Waals surface area contributed by atoms with E-state index in [0.717, 1.165) is 10.5 Å². The zero-order chi connectivity index (χ0) is 24.0. The number of anilines is 1. The quantitative estimate of drug-likeness (QED) is 0.491. The molecule has 12 heteroatoms. The number of carbonyl (C=O) groups excluding carboxylic acids is 2. The Morgan fingerprint density at radius 1 is 1.09 bits per heavy atom. The minimum absolute atomic E-state index is 0.00233. The van der Waals surface area contributed by atoms with Gasteiger partial charge in [-0.25, -0.2) is 4.90 Å². The highest BCUT2D eigenvalue weighted by atomic mass is 35.5. The number of methoxy groups -OCH3 is 2. The van der Waals surface area contributed by atoms with Gasteiger partial charge in [-0.15, -0.1) is 0 Å². The van der Waals surface area contributed by atoms with Crippen molar-refractivity contribution in [3.63, 3.8) is 0 Å². The lowest BCUT2D eigenvalue weighted by molar-refractivity contribution is -0.123. The van der Waals surface area contributed by atoms with E-state index in [0.29, 0.717) is 33.6 Å². The molecule has 174 valence electrons. The fraction of sp³-hybridized carbons (Fsp3) is 0.273. The van der Waals surface area contributed by atoms with Crippen LogP contribution < -0.4 is 14.4 Å². The summed E-state index contributed by atoms with van der Waals surface area (Å²) in [6, 6.07) is 8.37. The molecule has 0 spiro atoms. The first kappa shape index (κ1) is 21.8. The molecule has 3 heterocycles. The van der Waals surface area contributed by atoms with Gasteiger partial charge in [0.05, 0.1) is 25.5 Å². The van der Waals surface area contributed by atoms with Crippen LogP contribution in [0.2, 0.25) is 5.02 Å². The second-order valence-corrected chi connectivity index (χ2v) is 8.12. The fourth-order valence-electron chi connectivity index (χ4n) is 3.88. The minimum Gasteiger partial charge on any atom is -0.497 e. The maximum absolute atomic E-state index is 13.2. The number of nitrogens with zero attached hydrogens (tertiary/aromatic N) is 6. The molecule has 1 aromatic heterocycles. The summed E-state index contributed by atoms with van der Waals surface area (Å²) in [5.41, 5.74) is 1.84. The van der Waals surface area contributed by atoms with Gasteiger partial charge in [-0.3, -0.25) is 14.6 Å². The lowest BCUT2D eigenvalue weighted by Gasteiger charge is -2.19. The fourth-order valence-corrected chi connectivity index (χ4v) is 4.05. The minimum atomic E-state index is -0.948. The van der Waals surface area contributed by atoms with Crippen LogP contribution in [0.15, 0.2) is 51.3 Å². The third-order valence-corrected chi connectivity index (χ3v) is 6.09. The molecule has 2 atom stereocenters. The van der Waals surface area contributed by atoms with Crippen LogP contribution in [-0.4, -0.2) is 53.3 Å². The van der Waals surface area contributed by atoms with Gasteiger partial charge < -0.3 is 14.0 Å². The van der Waals surface area contributed by atoms with Gasteiger partial charge in [-0.1, -0.05) is 28.0 Å². The van der Waals surface area contributed by atoms with Crippen LogP contribution in [0.1, 0.15) is 11.5 Å². The Morgan fingerprint density at radius 2 is 1.91 bits per heavy atom. The van der Waals surface area contributed by atoms with E-state index in [4.69, 9.17) is 25.6 Å². The summed E-state index contributed by atoms with van der Waals surface area (Å²) in [4.78, 5) is 31.6. The van der Waals surface area contributed by atoms with Crippen molar-refractivity contribution in [1.29, 1.82) is 0 Å². The summed E-state index contributed by atoms with van der Waals surface area (Å²) in [6.07, 6.45) is 0. The van der Waals surface area contributed by atoms with Crippen molar-refractivity contribution in [2.75, 3.05) is 19.1 Å². The van der Waals surface area contributed by atoms with Crippen LogP contribution in [0.5, 0.6) is 11.5 Å². The van der Waals surface area contributed by atoms with Crippen molar-refractivity contribution >= 4 is 29.1 Å². The number of ether oxygens (including phenoxy) is 2. The standard InChI is InChI=1S/C22H19ClN6O5/c1-11-4-5-12(8-15(11)23)29-21(30)18-19(22(29)31)28(27-25-18)10-17-24-20(26-34-17)14-7-6-13(32-2)9-16(14)33-3/h4-9,18-19H,10H2,1-3H3/t18-,19+/m0/s1. The summed E-state index contributed by atoms with van der Waals surface area (Å²) < 4.78 is 16.0. The summed E-state index contributed by atoms with van der Waals surface area (Å²) in [6.45, 7) is 1.84. The Bertz CT molecular complexity index is 1320. The van der Waals surface area contributed by atoms with Gasteiger partial charge in [0.25, 0.3) is 11.8 Å². The highest BCUT2D eigenvalue weighted by molar-refractivity contribution is 6.32. The third kappa shape index (κ3) is 3.54. The normalized spacial score (nSPS) is 19.2. The number of benzene rings is 2. The van der Waals surface area contributed by atoms with Gasteiger partial charge in [0.1, 0.15) is 18.0 Å². The van der Waals surface area contributed by atoms with Gasteiger partial charge in [0.15, 0.2) is 12.1 Å². The highest BCUT2D eigenvalue weighted by Gasteiger charge is 2.55. The van der Waals surface area contributed by atoms with Crippen molar-refractivity contribution in [2.24, 2.45) is 10.3 Å². The molecule has 3 aromatic rings. The monoisotopic (exact) mass is 482 g/mol. The molecule has 2 aromatic carbocycles. The molecule has 11 nitrogen and oxygen atoms in total. The molecule has 2 aliphatic rings. The van der Waals surface area contributed by atoms with Gasteiger partial charge in [0, 0.05) is 11.1 Å². The van der Waals surface area contributed by atoms with E-state index in [1.54, 1.807) is 43.5 Å². The Labute approximate surface area is 198 Å². The summed E-state index contributed by atoms with van der Waals surface area (Å²) in [5, 5.41) is 13.9. The zero-order valence-electron chi connectivity index (χ0n) is 18.4. The zero-order valence-corrected chi connectivity index (χ0v) is 19.2. The highest BCUT2D eigenvalue weighted by Crippen LogP contribution is 2.35. The number of amides is 2. The van der Waals surface area contributed by atoms with Crippen molar-refractivity contribution in [2.45, 2.75) is 25.6 Å². The predicted molar refractivity (Wildman–Crippen MR) is 119 cm³/mol. The molecular weight excluding hydrogens is 464 g/mol. The largest absolute Gasteiger partial charge is 0.497 e. The average molecular weight is 483 g/mol. The van der Waals surface area contributed by atoms with Crippen LogP contribution >= 0.6 is 11.6 Å². The van der Waals surface area contributed by atoms with Gasteiger partial charge in [0.2, 0.25) is 11.7 Å². The molecule has 2 aliphatic heterocycles. The van der Waals surface area contributed by atoms with Crippen molar-refractivity contribution in [3.05, 3.63) is 52.9 Å². The van der Waals surface area contributed by atoms with E-state index in [1.165, 1.54) is 12.1 Å². The SMILES string of the molecule is COc1ccc(-c2noc(CN3N=N[C@@H]4C(=O)N(c5ccc(C)c(Cl)c5)C(=O)[C@@H]43)n2)c(OC)c1. The summed E-state index contributed by atoms with van der Waals surface area (Å²) in [7, 11) is 3.09. The number of aryl methyl sites for hydroxylation is 1. The topological polar surface area (TPSA) is 123 Å². The molecule has 1 saturated heterocycles. The molecule has 0 radical (unpaired) electrons. The maximum atomic E-state index is 13.2. The van der Waals surface area contributed by atoms with E-state index in [-0.39, 0.29) is 12.4 Å². The molecule has 0 N–H and O–H groups in total. The Balaban J connectivity index is 1.37. The number of imide groups is 1. The van der Waals surface area contributed by atoms with Crippen LogP contribution in [0.3, 0.4) is 0 Å². The smallest absolute Gasteiger partial charge is 0.263 e. The lowest BCUT2D eigenvalue weighted by Crippen LogP contribution is -2.39. The Hall–Kier alpha value is -3.99. The van der Waals surface area contributed by atoms with Gasteiger partial charge >= 0.3 is 0 Å². The number of rotatable bonds is 6. The maximum Gasteiger partial charge on any atom is 0.263 e. The number of aromatic nitrogens is 2. The summed E-state index contributed by atoms with van der Waals surface area (Å²) in [5.74, 6) is 0.719. The molecule has 0 saturated carbocycles. The van der Waals surface area contributed by atoms with E-state index in [9.17, 15) is 9.59 Å². The van der Waals surface area contributed by atoms with Gasteiger partial charge in [-0.2, -0.15) is 10.1 Å². The molecule has 5 rings (SSSR count). The second-order valence-electron chi connectivity index (χ2n) is 7.72. The van der Waals surface area contributed by atoms with Gasteiger partial charge in [-0.05, 0) is 36.8 Å².